The SMILES string of the molecule is Cc1cccc(N2CCN(c3cccc(C)c3)C2C(Cl)(Cl)Cl)c1. The molecule has 0 amide bonds. The number of benzene rings is 2. The predicted molar refractivity (Wildman–Crippen MR) is 101 cm³/mol. The highest BCUT2D eigenvalue weighted by molar-refractivity contribution is 6.68. The van der Waals surface area contributed by atoms with E-state index in [1.165, 1.54) is 11.1 Å². The number of hydrogen-bond donors (Lipinski definition) is 0. The van der Waals surface area contributed by atoms with Crippen LogP contribution in [0.2, 0.25) is 0 Å². The molecule has 0 radical (unpaired) electrons. The third-order valence-corrected chi connectivity index (χ3v) is 4.72. The lowest BCUT2D eigenvalue weighted by atomic mass is 10.2. The van der Waals surface area contributed by atoms with E-state index in [1.54, 1.807) is 0 Å². The van der Waals surface area contributed by atoms with Crippen molar-refractivity contribution in [3.05, 3.63) is 59.7 Å². The maximum atomic E-state index is 6.36. The van der Waals surface area contributed by atoms with Gasteiger partial charge in [0.1, 0.15) is 0 Å². The molecule has 122 valence electrons. The molecule has 0 aromatic heterocycles. The van der Waals surface area contributed by atoms with Crippen LogP contribution in [0, 0.1) is 13.8 Å². The summed E-state index contributed by atoms with van der Waals surface area (Å²) in [6.07, 6.45) is -0.337. The summed E-state index contributed by atoms with van der Waals surface area (Å²) >= 11 is 19.1. The second-order valence-corrected chi connectivity index (χ2v) is 8.35. The second kappa shape index (κ2) is 6.43. The van der Waals surface area contributed by atoms with Crippen LogP contribution in [-0.4, -0.2) is 23.0 Å². The van der Waals surface area contributed by atoms with Gasteiger partial charge in [-0.15, -0.1) is 0 Å². The minimum atomic E-state index is -1.41. The van der Waals surface area contributed by atoms with Gasteiger partial charge in [-0.3, -0.25) is 0 Å². The molecular weight excluding hydrogens is 351 g/mol. The summed E-state index contributed by atoms with van der Waals surface area (Å²) in [6.45, 7) is 5.77. The molecule has 1 saturated heterocycles. The number of rotatable bonds is 2. The van der Waals surface area contributed by atoms with Gasteiger partial charge in [0.2, 0.25) is 3.79 Å². The Morgan fingerprint density at radius 2 is 1.26 bits per heavy atom. The first-order valence-corrected chi connectivity index (χ1v) is 8.73. The molecule has 1 aliphatic heterocycles. The van der Waals surface area contributed by atoms with Crippen LogP contribution >= 0.6 is 34.8 Å². The topological polar surface area (TPSA) is 6.48 Å². The second-order valence-electron chi connectivity index (χ2n) is 5.98. The van der Waals surface area contributed by atoms with Crippen molar-refractivity contribution in [1.29, 1.82) is 0 Å². The highest BCUT2D eigenvalue weighted by atomic mass is 35.6. The molecule has 2 nitrogen and oxygen atoms in total. The summed E-state index contributed by atoms with van der Waals surface area (Å²) in [5.41, 5.74) is 4.55. The molecule has 2 aromatic carbocycles. The Bertz CT molecular complexity index is 643. The summed E-state index contributed by atoms with van der Waals surface area (Å²) in [4.78, 5) is 4.34. The van der Waals surface area contributed by atoms with Crippen molar-refractivity contribution in [1.82, 2.24) is 0 Å². The first kappa shape index (κ1) is 16.8. The normalized spacial score (nSPS) is 16.2. The van der Waals surface area contributed by atoms with Crippen molar-refractivity contribution >= 4 is 46.2 Å². The van der Waals surface area contributed by atoms with Crippen LogP contribution in [-0.2, 0) is 0 Å². The average molecular weight is 370 g/mol. The fraction of sp³-hybridized carbons (Fsp3) is 0.333. The molecule has 1 aliphatic rings. The third-order valence-electron chi connectivity index (χ3n) is 4.13. The van der Waals surface area contributed by atoms with E-state index in [2.05, 4.69) is 60.0 Å². The molecule has 1 heterocycles. The molecule has 0 N–H and O–H groups in total. The van der Waals surface area contributed by atoms with Crippen LogP contribution in [0.3, 0.4) is 0 Å². The Hall–Kier alpha value is -1.09. The Balaban J connectivity index is 2.00. The van der Waals surface area contributed by atoms with Crippen molar-refractivity contribution in [3.63, 3.8) is 0 Å². The minimum absolute atomic E-state index is 0.337. The van der Waals surface area contributed by atoms with E-state index in [9.17, 15) is 0 Å². The standard InChI is InChI=1S/C18H19Cl3N2/c1-13-5-3-7-15(11-13)22-9-10-23(17(22)18(19,20)21)16-8-4-6-14(2)12-16/h3-8,11-12,17H,9-10H2,1-2H3. The Morgan fingerprint density at radius 3 is 1.61 bits per heavy atom. The third kappa shape index (κ3) is 3.55. The molecule has 0 aliphatic carbocycles. The lowest BCUT2D eigenvalue weighted by molar-refractivity contribution is 0.681. The quantitative estimate of drug-likeness (QED) is 0.660. The zero-order valence-corrected chi connectivity index (χ0v) is 15.4. The van der Waals surface area contributed by atoms with Gasteiger partial charge in [-0.2, -0.15) is 0 Å². The van der Waals surface area contributed by atoms with E-state index in [0.29, 0.717) is 0 Å². The average Bonchev–Trinajstić information content (AvgIpc) is 2.92. The highest BCUT2D eigenvalue weighted by Gasteiger charge is 2.45. The summed E-state index contributed by atoms with van der Waals surface area (Å²) in [6, 6.07) is 16.6. The molecule has 3 rings (SSSR count). The van der Waals surface area contributed by atoms with Gasteiger partial charge in [-0.1, -0.05) is 59.1 Å². The summed E-state index contributed by atoms with van der Waals surface area (Å²) < 4.78 is -1.41. The maximum absolute atomic E-state index is 6.36. The van der Waals surface area contributed by atoms with Crippen molar-refractivity contribution in [2.45, 2.75) is 23.8 Å². The monoisotopic (exact) mass is 368 g/mol. The summed E-state index contributed by atoms with van der Waals surface area (Å²) in [7, 11) is 0. The molecular formula is C18H19Cl3N2. The molecule has 0 unspecified atom stereocenters. The van der Waals surface area contributed by atoms with E-state index in [1.807, 2.05) is 12.1 Å². The number of hydrogen-bond acceptors (Lipinski definition) is 2. The predicted octanol–water partition coefficient (Wildman–Crippen LogP) is 5.33. The number of alkyl halides is 3. The van der Waals surface area contributed by atoms with E-state index >= 15 is 0 Å². The molecule has 2 aromatic rings. The summed E-state index contributed by atoms with van der Waals surface area (Å²) in [5, 5.41) is 0. The van der Waals surface area contributed by atoms with Gasteiger partial charge < -0.3 is 9.80 Å². The highest BCUT2D eigenvalue weighted by Crippen LogP contribution is 2.42. The van der Waals surface area contributed by atoms with Crippen LogP contribution < -0.4 is 9.80 Å². The number of nitrogens with zero attached hydrogens (tertiary/aromatic N) is 2. The van der Waals surface area contributed by atoms with Gasteiger partial charge in [0.05, 0.1) is 0 Å². The molecule has 0 spiro atoms. The number of halogens is 3. The van der Waals surface area contributed by atoms with E-state index in [0.717, 1.165) is 24.5 Å². The zero-order valence-electron chi connectivity index (χ0n) is 13.1. The number of anilines is 2. The van der Waals surface area contributed by atoms with E-state index < -0.39 is 3.79 Å². The molecule has 0 saturated carbocycles. The molecule has 0 bridgehead atoms. The van der Waals surface area contributed by atoms with Crippen LogP contribution in [0.1, 0.15) is 11.1 Å². The lowest BCUT2D eigenvalue weighted by Crippen LogP contribution is -2.48. The van der Waals surface area contributed by atoms with Gasteiger partial charge in [-0.05, 0) is 49.2 Å². The Labute approximate surface area is 152 Å². The molecule has 1 fully saturated rings. The minimum Gasteiger partial charge on any atom is -0.346 e. The van der Waals surface area contributed by atoms with E-state index in [4.69, 9.17) is 34.8 Å². The van der Waals surface area contributed by atoms with Gasteiger partial charge in [0, 0.05) is 24.5 Å². The van der Waals surface area contributed by atoms with Crippen LogP contribution in [0.25, 0.3) is 0 Å². The van der Waals surface area contributed by atoms with Crippen molar-refractivity contribution in [2.75, 3.05) is 22.9 Å². The smallest absolute Gasteiger partial charge is 0.228 e. The van der Waals surface area contributed by atoms with Crippen molar-refractivity contribution in [3.8, 4) is 0 Å². The maximum Gasteiger partial charge on any atom is 0.228 e. The molecule has 5 heteroatoms. The van der Waals surface area contributed by atoms with Gasteiger partial charge in [0.15, 0.2) is 6.17 Å². The van der Waals surface area contributed by atoms with Gasteiger partial charge in [0.25, 0.3) is 0 Å². The van der Waals surface area contributed by atoms with E-state index in [-0.39, 0.29) is 6.17 Å². The largest absolute Gasteiger partial charge is 0.346 e. The van der Waals surface area contributed by atoms with Crippen molar-refractivity contribution < 1.29 is 0 Å². The van der Waals surface area contributed by atoms with Crippen LogP contribution in [0.15, 0.2) is 48.5 Å². The first-order valence-electron chi connectivity index (χ1n) is 7.59. The van der Waals surface area contributed by atoms with Crippen LogP contribution in [0.4, 0.5) is 11.4 Å². The molecule has 0 atom stereocenters. The van der Waals surface area contributed by atoms with Gasteiger partial charge >= 0.3 is 0 Å². The van der Waals surface area contributed by atoms with Crippen molar-refractivity contribution in [2.24, 2.45) is 0 Å². The Kier molecular flexibility index (Phi) is 4.68. The Morgan fingerprint density at radius 1 is 0.826 bits per heavy atom. The fourth-order valence-electron chi connectivity index (χ4n) is 3.14. The fourth-order valence-corrected chi connectivity index (χ4v) is 3.84. The molecule has 23 heavy (non-hydrogen) atoms. The lowest BCUT2D eigenvalue weighted by Gasteiger charge is -2.37. The van der Waals surface area contributed by atoms with Crippen LogP contribution in [0.5, 0.6) is 0 Å². The zero-order chi connectivity index (χ0) is 16.6. The summed E-state index contributed by atoms with van der Waals surface area (Å²) in [5.74, 6) is 0. The van der Waals surface area contributed by atoms with Gasteiger partial charge in [-0.25, -0.2) is 0 Å². The first-order chi connectivity index (χ1) is 10.9. The number of aryl methyl sites for hydroxylation is 2.